The summed E-state index contributed by atoms with van der Waals surface area (Å²) in [6, 6.07) is 7.35. The van der Waals surface area contributed by atoms with Crippen LogP contribution in [0.4, 0.5) is 0 Å². The molecule has 0 atom stereocenters. The molecule has 0 aromatic heterocycles. The van der Waals surface area contributed by atoms with E-state index in [4.69, 9.17) is 0 Å². The summed E-state index contributed by atoms with van der Waals surface area (Å²) in [5.74, 6) is 2.56. The molecule has 4 heteroatoms. The maximum Gasteiger partial charge on any atom is 0.220 e. The average molecular weight is 390 g/mol. The normalized spacial score (nSPS) is 33.5. The predicted molar refractivity (Wildman–Crippen MR) is 96.8 cm³/mol. The fourth-order valence-electron chi connectivity index (χ4n) is 5.63. The summed E-state index contributed by atoms with van der Waals surface area (Å²) in [5, 5.41) is 3.34. The molecule has 5 rings (SSSR count). The van der Waals surface area contributed by atoms with E-state index < -0.39 is 0 Å². The molecular weight excluding hydrogens is 366 g/mol. The molecule has 0 heterocycles. The largest absolute Gasteiger partial charge is 0.351 e. The molecule has 0 saturated heterocycles. The van der Waals surface area contributed by atoms with Crippen LogP contribution in [0.1, 0.15) is 61.7 Å². The minimum absolute atomic E-state index is 0.0446. The van der Waals surface area contributed by atoms with Crippen molar-refractivity contribution in [2.24, 2.45) is 17.8 Å². The van der Waals surface area contributed by atoms with Gasteiger partial charge in [0.1, 0.15) is 0 Å². The summed E-state index contributed by atoms with van der Waals surface area (Å²) in [7, 11) is 0. The van der Waals surface area contributed by atoms with E-state index in [-0.39, 0.29) is 17.2 Å². The highest BCUT2D eigenvalue weighted by Crippen LogP contribution is 2.55. The Hall–Kier alpha value is -1.16. The molecule has 0 unspecified atom stereocenters. The van der Waals surface area contributed by atoms with Gasteiger partial charge in [0.15, 0.2) is 5.78 Å². The first-order valence-electron chi connectivity index (χ1n) is 9.11. The molecule has 4 bridgehead atoms. The highest BCUT2D eigenvalue weighted by molar-refractivity contribution is 9.10. The zero-order chi connectivity index (χ0) is 16.7. The second-order valence-corrected chi connectivity index (χ2v) is 9.09. The molecule has 1 amide bonds. The van der Waals surface area contributed by atoms with Crippen LogP contribution in [0.5, 0.6) is 0 Å². The molecule has 4 aliphatic carbocycles. The number of benzene rings is 1. The van der Waals surface area contributed by atoms with E-state index in [0.29, 0.717) is 18.4 Å². The number of nitrogens with one attached hydrogen (secondary N) is 1. The highest BCUT2D eigenvalue weighted by atomic mass is 79.9. The van der Waals surface area contributed by atoms with Gasteiger partial charge in [-0.25, -0.2) is 0 Å². The fourth-order valence-corrected chi connectivity index (χ4v) is 5.89. The zero-order valence-electron chi connectivity index (χ0n) is 13.9. The number of hydrogen-bond acceptors (Lipinski definition) is 2. The monoisotopic (exact) mass is 389 g/mol. The van der Waals surface area contributed by atoms with Crippen LogP contribution < -0.4 is 5.32 Å². The Balaban J connectivity index is 1.32. The lowest BCUT2D eigenvalue weighted by atomic mass is 9.53. The maximum absolute atomic E-state index is 12.4. The first-order chi connectivity index (χ1) is 11.5. The molecular formula is C20H24BrNO2. The van der Waals surface area contributed by atoms with Crippen molar-refractivity contribution in [3.63, 3.8) is 0 Å². The van der Waals surface area contributed by atoms with Crippen molar-refractivity contribution in [3.8, 4) is 0 Å². The van der Waals surface area contributed by atoms with Crippen LogP contribution in [-0.2, 0) is 4.79 Å². The second-order valence-electron chi connectivity index (χ2n) is 8.18. The predicted octanol–water partition coefficient (Wildman–Crippen LogP) is 4.50. The zero-order valence-corrected chi connectivity index (χ0v) is 15.5. The number of carbonyl (C=O) groups excluding carboxylic acids is 2. The van der Waals surface area contributed by atoms with E-state index in [1.54, 1.807) is 0 Å². The maximum atomic E-state index is 12.4. The molecule has 1 aromatic rings. The molecule has 4 aliphatic rings. The molecule has 0 aliphatic heterocycles. The van der Waals surface area contributed by atoms with Crippen molar-refractivity contribution < 1.29 is 9.59 Å². The van der Waals surface area contributed by atoms with Crippen LogP contribution in [0.3, 0.4) is 0 Å². The Morgan fingerprint density at radius 1 is 0.958 bits per heavy atom. The standard InChI is InChI=1S/C20H24BrNO2/c21-17-3-1-16(2-4-17)18(23)5-6-19(24)22-20-10-13-7-14(11-20)9-15(8-13)12-20/h1-4,13-15H,5-12H2,(H,22,24). The van der Waals surface area contributed by atoms with Gasteiger partial charge in [-0.05, 0) is 68.4 Å². The van der Waals surface area contributed by atoms with Gasteiger partial charge in [0.05, 0.1) is 0 Å². The van der Waals surface area contributed by atoms with Gasteiger partial charge in [-0.3, -0.25) is 9.59 Å². The Bertz CT molecular complexity index is 617. The van der Waals surface area contributed by atoms with E-state index >= 15 is 0 Å². The molecule has 0 radical (unpaired) electrons. The SMILES string of the molecule is O=C(CCC(=O)c1ccc(Br)cc1)NC12CC3CC(CC(C3)C1)C2. The number of carbonyl (C=O) groups is 2. The van der Waals surface area contributed by atoms with Gasteiger partial charge in [0.2, 0.25) is 5.91 Å². The number of halogens is 1. The van der Waals surface area contributed by atoms with E-state index in [9.17, 15) is 9.59 Å². The molecule has 1 aromatic carbocycles. The minimum atomic E-state index is 0.0446. The third-order valence-corrected chi connectivity index (χ3v) is 6.72. The van der Waals surface area contributed by atoms with Gasteiger partial charge in [-0.2, -0.15) is 0 Å². The minimum Gasteiger partial charge on any atom is -0.351 e. The van der Waals surface area contributed by atoms with Crippen LogP contribution in [-0.4, -0.2) is 17.2 Å². The summed E-state index contributed by atoms with van der Waals surface area (Å²) >= 11 is 3.37. The summed E-state index contributed by atoms with van der Waals surface area (Å²) in [6.07, 6.45) is 8.18. The van der Waals surface area contributed by atoms with Crippen molar-refractivity contribution in [2.45, 2.75) is 56.9 Å². The first kappa shape index (κ1) is 16.3. The lowest BCUT2D eigenvalue weighted by Gasteiger charge is -2.56. The van der Waals surface area contributed by atoms with Crippen LogP contribution in [0.15, 0.2) is 28.7 Å². The van der Waals surface area contributed by atoms with Crippen LogP contribution in [0, 0.1) is 17.8 Å². The van der Waals surface area contributed by atoms with Crippen molar-refractivity contribution >= 4 is 27.6 Å². The number of Topliss-reactive ketones (excluding diaryl/α,β-unsaturated/α-hetero) is 1. The lowest BCUT2D eigenvalue weighted by Crippen LogP contribution is -2.59. The third kappa shape index (κ3) is 3.30. The topological polar surface area (TPSA) is 46.2 Å². The van der Waals surface area contributed by atoms with Crippen molar-refractivity contribution in [3.05, 3.63) is 34.3 Å². The summed E-state index contributed by atoms with van der Waals surface area (Å²) in [4.78, 5) is 24.7. The molecule has 0 spiro atoms. The summed E-state index contributed by atoms with van der Waals surface area (Å²) in [6.45, 7) is 0. The summed E-state index contributed by atoms with van der Waals surface area (Å²) in [5.41, 5.74) is 0.729. The molecule has 4 saturated carbocycles. The summed E-state index contributed by atoms with van der Waals surface area (Å²) < 4.78 is 0.957. The number of rotatable bonds is 5. The first-order valence-corrected chi connectivity index (χ1v) is 9.90. The third-order valence-electron chi connectivity index (χ3n) is 6.19. The van der Waals surface area contributed by atoms with E-state index in [2.05, 4.69) is 21.2 Å². The van der Waals surface area contributed by atoms with Gasteiger partial charge in [0, 0.05) is 28.4 Å². The van der Waals surface area contributed by atoms with Crippen molar-refractivity contribution in [2.75, 3.05) is 0 Å². The Morgan fingerprint density at radius 3 is 2.04 bits per heavy atom. The fraction of sp³-hybridized carbons (Fsp3) is 0.600. The molecule has 3 nitrogen and oxygen atoms in total. The van der Waals surface area contributed by atoms with Gasteiger partial charge < -0.3 is 5.32 Å². The van der Waals surface area contributed by atoms with E-state index in [1.807, 2.05) is 24.3 Å². The number of ketones is 1. The molecule has 24 heavy (non-hydrogen) atoms. The molecule has 4 fully saturated rings. The molecule has 1 N–H and O–H groups in total. The van der Waals surface area contributed by atoms with Crippen molar-refractivity contribution in [1.29, 1.82) is 0 Å². The average Bonchev–Trinajstić information content (AvgIpc) is 2.51. The highest BCUT2D eigenvalue weighted by Gasteiger charge is 2.51. The molecule has 128 valence electrons. The Kier molecular flexibility index (Phi) is 4.27. The van der Waals surface area contributed by atoms with Gasteiger partial charge in [0.25, 0.3) is 0 Å². The quantitative estimate of drug-likeness (QED) is 0.753. The second kappa shape index (κ2) is 6.29. The van der Waals surface area contributed by atoms with Gasteiger partial charge >= 0.3 is 0 Å². The van der Waals surface area contributed by atoms with Crippen LogP contribution in [0.2, 0.25) is 0 Å². The van der Waals surface area contributed by atoms with Crippen LogP contribution >= 0.6 is 15.9 Å². The number of hydrogen-bond donors (Lipinski definition) is 1. The Labute approximate surface area is 151 Å². The van der Waals surface area contributed by atoms with Gasteiger partial charge in [-0.1, -0.05) is 28.1 Å². The lowest BCUT2D eigenvalue weighted by molar-refractivity contribution is -0.126. The van der Waals surface area contributed by atoms with Gasteiger partial charge in [-0.15, -0.1) is 0 Å². The smallest absolute Gasteiger partial charge is 0.220 e. The van der Waals surface area contributed by atoms with Crippen molar-refractivity contribution in [1.82, 2.24) is 5.32 Å². The van der Waals surface area contributed by atoms with Crippen LogP contribution in [0.25, 0.3) is 0 Å². The van der Waals surface area contributed by atoms with E-state index in [1.165, 1.54) is 19.3 Å². The Morgan fingerprint density at radius 2 is 1.50 bits per heavy atom. The number of amides is 1. The van der Waals surface area contributed by atoms with E-state index in [0.717, 1.165) is 41.5 Å².